The molecule has 12 heteroatoms. The average molecular weight is 778 g/mol. The van der Waals surface area contributed by atoms with Gasteiger partial charge in [0.05, 0.1) is 42.1 Å². The van der Waals surface area contributed by atoms with Gasteiger partial charge in [-0.25, -0.2) is 0 Å². The number of nitrogens with one attached hydrogen (secondary N) is 2. The van der Waals surface area contributed by atoms with Gasteiger partial charge in [0.25, 0.3) is 0 Å². The lowest BCUT2D eigenvalue weighted by Crippen LogP contribution is -2.57. The molecule has 1 saturated carbocycles. The number of hydrogen-bond acceptors (Lipinski definition) is 9. The van der Waals surface area contributed by atoms with Crippen molar-refractivity contribution in [2.75, 3.05) is 38.6 Å². The molecule has 2 fully saturated rings. The van der Waals surface area contributed by atoms with E-state index in [-0.39, 0.29) is 18.2 Å². The third-order valence-electron chi connectivity index (χ3n) is 10.9. The fraction of sp³-hybridized carbons (Fsp3) is 0.558. The van der Waals surface area contributed by atoms with Gasteiger partial charge in [-0.05, 0) is 65.8 Å². The van der Waals surface area contributed by atoms with E-state index in [0.29, 0.717) is 68.5 Å². The number of aliphatic hydroxyl groups is 2. The summed E-state index contributed by atoms with van der Waals surface area (Å²) in [6.45, 7) is 6.08. The Labute approximate surface area is 328 Å². The minimum atomic E-state index is -1.60. The van der Waals surface area contributed by atoms with E-state index in [9.17, 15) is 28.8 Å². The van der Waals surface area contributed by atoms with Crippen molar-refractivity contribution in [2.45, 2.75) is 107 Å². The van der Waals surface area contributed by atoms with Crippen molar-refractivity contribution in [3.05, 3.63) is 72.3 Å². The fourth-order valence-corrected chi connectivity index (χ4v) is 9.07. The standard InChI is InChI=1S/C43H59N3O8S/c1-3-4-17-38(43(51)45-39(26-31-11-6-5-7-12-31)41(49)40(48)28-46-22-24-53-25-23-46)44-42(50)34(27-33-15-10-14-32-13-8-9-16-37(32)33)29-55(52)36-20-18-35(19-21-36)54-30(2)47/h8-10,13-16,18-21,31,34,38-41,48-49H,3-7,11-12,17,22-29H2,1-2H3,(H,44,50)(H,45,51)/t34?,38?,39-,40-,41+,55?/m0/s1. The van der Waals surface area contributed by atoms with Crippen LogP contribution < -0.4 is 15.4 Å². The molecule has 1 heterocycles. The van der Waals surface area contributed by atoms with Crippen LogP contribution in [0.1, 0.15) is 77.2 Å². The van der Waals surface area contributed by atoms with Crippen LogP contribution in [0.2, 0.25) is 0 Å². The third kappa shape index (κ3) is 12.9. The van der Waals surface area contributed by atoms with Crippen LogP contribution in [0.15, 0.2) is 71.6 Å². The van der Waals surface area contributed by atoms with Gasteiger partial charge >= 0.3 is 5.97 Å². The zero-order chi connectivity index (χ0) is 39.2. The van der Waals surface area contributed by atoms with Gasteiger partial charge in [0.1, 0.15) is 17.9 Å². The molecular weight excluding hydrogens is 719 g/mol. The van der Waals surface area contributed by atoms with Crippen molar-refractivity contribution < 1.29 is 38.3 Å². The maximum absolute atomic E-state index is 14.4. The highest BCUT2D eigenvalue weighted by molar-refractivity contribution is 7.85. The number of ether oxygens (including phenoxy) is 2. The number of hydrogen-bond donors (Lipinski definition) is 4. The number of nitrogens with zero attached hydrogens (tertiary/aromatic N) is 1. The van der Waals surface area contributed by atoms with Crippen LogP contribution in [0.3, 0.4) is 0 Å². The van der Waals surface area contributed by atoms with E-state index in [1.807, 2.05) is 49.4 Å². The summed E-state index contributed by atoms with van der Waals surface area (Å²) in [5, 5.41) is 30.9. The number of esters is 1. The highest BCUT2D eigenvalue weighted by atomic mass is 32.2. The van der Waals surface area contributed by atoms with E-state index in [0.717, 1.165) is 48.4 Å². The number of benzene rings is 3. The second kappa shape index (κ2) is 21.6. The number of unbranched alkanes of at least 4 members (excludes halogenated alkanes) is 1. The van der Waals surface area contributed by atoms with Crippen molar-refractivity contribution in [1.82, 2.24) is 15.5 Å². The van der Waals surface area contributed by atoms with E-state index < -0.39 is 52.9 Å². The van der Waals surface area contributed by atoms with Gasteiger partial charge in [-0.2, -0.15) is 0 Å². The lowest BCUT2D eigenvalue weighted by molar-refractivity contribution is -0.132. The third-order valence-corrected chi connectivity index (χ3v) is 12.4. The van der Waals surface area contributed by atoms with Crippen LogP contribution in [0.25, 0.3) is 10.8 Å². The Balaban J connectivity index is 1.36. The Morgan fingerprint density at radius 1 is 0.927 bits per heavy atom. The SMILES string of the molecule is CCCCC(NC(=O)C(Cc1cccc2ccccc12)CS(=O)c1ccc(OC(C)=O)cc1)C(=O)N[C@@H](CC1CCCCC1)[C@@H](O)[C@@H](O)CN1CCOCC1. The lowest BCUT2D eigenvalue weighted by Gasteiger charge is -2.35. The molecule has 11 nitrogen and oxygen atoms in total. The van der Waals surface area contributed by atoms with Gasteiger partial charge < -0.3 is 30.3 Å². The first-order valence-corrected chi connectivity index (χ1v) is 21.3. The average Bonchev–Trinajstić information content (AvgIpc) is 3.19. The summed E-state index contributed by atoms with van der Waals surface area (Å²) >= 11 is 0. The van der Waals surface area contributed by atoms with Crippen LogP contribution in [-0.4, -0.2) is 100.0 Å². The molecule has 2 aliphatic rings. The summed E-state index contributed by atoms with van der Waals surface area (Å²) in [6.07, 6.45) is 5.84. The van der Waals surface area contributed by atoms with Crippen LogP contribution in [0, 0.1) is 11.8 Å². The number of morpholine rings is 1. The van der Waals surface area contributed by atoms with Crippen LogP contribution >= 0.6 is 0 Å². The largest absolute Gasteiger partial charge is 0.427 e. The first-order valence-electron chi connectivity index (χ1n) is 20.0. The quantitative estimate of drug-likeness (QED) is 0.0982. The molecule has 3 aromatic rings. The maximum Gasteiger partial charge on any atom is 0.308 e. The molecule has 3 unspecified atom stereocenters. The second-order valence-electron chi connectivity index (χ2n) is 15.1. The number of amides is 2. The van der Waals surface area contributed by atoms with E-state index in [2.05, 4.69) is 15.5 Å². The molecule has 1 aliphatic carbocycles. The molecule has 0 bridgehead atoms. The zero-order valence-corrected chi connectivity index (χ0v) is 33.1. The molecule has 1 aliphatic heterocycles. The van der Waals surface area contributed by atoms with Gasteiger partial charge in [-0.1, -0.05) is 94.3 Å². The Morgan fingerprint density at radius 2 is 1.64 bits per heavy atom. The molecule has 3 aromatic carbocycles. The summed E-state index contributed by atoms with van der Waals surface area (Å²) in [7, 11) is -1.60. The Hall–Kier alpha value is -3.68. The first kappa shape index (κ1) is 42.5. The highest BCUT2D eigenvalue weighted by Gasteiger charge is 2.35. The van der Waals surface area contributed by atoms with Crippen LogP contribution in [0.4, 0.5) is 0 Å². The predicted octanol–water partition coefficient (Wildman–Crippen LogP) is 4.92. The summed E-state index contributed by atoms with van der Waals surface area (Å²) in [5.74, 6) is -1.34. The van der Waals surface area contributed by atoms with Crippen molar-refractivity contribution in [3.63, 3.8) is 0 Å². The number of β-amino-alcohol motifs (C(OH)–C–C–N with tert-alkyl or cyclic N) is 1. The molecule has 300 valence electrons. The summed E-state index contributed by atoms with van der Waals surface area (Å²) < 4.78 is 24.4. The van der Waals surface area contributed by atoms with Crippen LogP contribution in [-0.2, 0) is 36.3 Å². The van der Waals surface area contributed by atoms with Gasteiger partial charge in [-0.3, -0.25) is 23.5 Å². The van der Waals surface area contributed by atoms with Crippen LogP contribution in [0.5, 0.6) is 5.75 Å². The molecule has 55 heavy (non-hydrogen) atoms. The molecular formula is C43H59N3O8S. The van der Waals surface area contributed by atoms with Gasteiger partial charge in [-0.15, -0.1) is 0 Å². The molecule has 5 rings (SSSR count). The minimum Gasteiger partial charge on any atom is -0.427 e. The smallest absolute Gasteiger partial charge is 0.308 e. The van der Waals surface area contributed by atoms with Gasteiger partial charge in [0.2, 0.25) is 11.8 Å². The number of aliphatic hydroxyl groups excluding tert-OH is 2. The predicted molar refractivity (Wildman–Crippen MR) is 214 cm³/mol. The first-order chi connectivity index (χ1) is 26.6. The molecule has 6 atom stereocenters. The van der Waals surface area contributed by atoms with E-state index in [4.69, 9.17) is 9.47 Å². The molecule has 4 N–H and O–H groups in total. The number of carbonyl (C=O) groups excluding carboxylic acids is 3. The minimum absolute atomic E-state index is 0.000828. The molecule has 0 radical (unpaired) electrons. The van der Waals surface area contributed by atoms with Gasteiger partial charge in [0.15, 0.2) is 0 Å². The van der Waals surface area contributed by atoms with Gasteiger partial charge in [0, 0.05) is 37.2 Å². The van der Waals surface area contributed by atoms with E-state index >= 15 is 0 Å². The van der Waals surface area contributed by atoms with E-state index in [1.165, 1.54) is 13.3 Å². The fourth-order valence-electron chi connectivity index (χ4n) is 7.81. The van der Waals surface area contributed by atoms with Crippen molar-refractivity contribution in [1.29, 1.82) is 0 Å². The summed E-state index contributed by atoms with van der Waals surface area (Å²) in [6, 6.07) is 18.7. The normalized spacial score (nSPS) is 18.8. The topological polar surface area (TPSA) is 154 Å². The Bertz CT molecular complexity index is 1700. The monoisotopic (exact) mass is 777 g/mol. The summed E-state index contributed by atoms with van der Waals surface area (Å²) in [4.78, 5) is 42.6. The van der Waals surface area contributed by atoms with Crippen molar-refractivity contribution in [3.8, 4) is 5.75 Å². The molecule has 0 aromatic heterocycles. The lowest BCUT2D eigenvalue weighted by atomic mass is 9.83. The Morgan fingerprint density at radius 3 is 2.35 bits per heavy atom. The maximum atomic E-state index is 14.4. The molecule has 0 spiro atoms. The zero-order valence-electron chi connectivity index (χ0n) is 32.3. The van der Waals surface area contributed by atoms with Crippen molar-refractivity contribution in [2.24, 2.45) is 11.8 Å². The number of fused-ring (bicyclic) bond motifs is 1. The molecule has 2 amide bonds. The van der Waals surface area contributed by atoms with Crippen molar-refractivity contribution >= 4 is 39.4 Å². The van der Waals surface area contributed by atoms with E-state index in [1.54, 1.807) is 24.3 Å². The summed E-state index contributed by atoms with van der Waals surface area (Å²) in [5.41, 5.74) is 0.930. The highest BCUT2D eigenvalue weighted by Crippen LogP contribution is 2.29. The second-order valence-corrected chi connectivity index (χ2v) is 16.6. The molecule has 1 saturated heterocycles. The number of carbonyl (C=O) groups is 3. The number of rotatable bonds is 19. The Kier molecular flexibility index (Phi) is 16.7.